The molecule has 0 saturated heterocycles. The fraction of sp³-hybridized carbons (Fsp3) is 0.0952. The van der Waals surface area contributed by atoms with Gasteiger partial charge in [0.05, 0.1) is 0 Å². The third-order valence-corrected chi connectivity index (χ3v) is 6.72. The van der Waals surface area contributed by atoms with E-state index in [1.165, 1.54) is 24.3 Å². The summed E-state index contributed by atoms with van der Waals surface area (Å²) in [6.07, 6.45) is 0. The smallest absolute Gasteiger partial charge is 0.339 e. The van der Waals surface area contributed by atoms with Crippen LogP contribution in [0.25, 0.3) is 0 Å². The van der Waals surface area contributed by atoms with Gasteiger partial charge in [-0.2, -0.15) is 16.8 Å². The molecular formula is C21H18O8S2. The van der Waals surface area contributed by atoms with E-state index in [4.69, 9.17) is 8.37 Å². The average Bonchev–Trinajstić information content (AvgIpc) is 2.69. The minimum absolute atomic E-state index is 0.114. The molecule has 0 spiro atoms. The van der Waals surface area contributed by atoms with E-state index < -0.39 is 37.5 Å². The van der Waals surface area contributed by atoms with Crippen molar-refractivity contribution < 1.29 is 35.1 Å². The van der Waals surface area contributed by atoms with Gasteiger partial charge >= 0.3 is 26.2 Å². The molecule has 0 aliphatic heterocycles. The van der Waals surface area contributed by atoms with Crippen molar-refractivity contribution in [2.75, 3.05) is 0 Å². The zero-order valence-electron chi connectivity index (χ0n) is 16.5. The van der Waals surface area contributed by atoms with Crippen LogP contribution >= 0.6 is 0 Å². The first-order valence-electron chi connectivity index (χ1n) is 8.87. The maximum Gasteiger partial charge on any atom is 0.339 e. The molecular weight excluding hydrogens is 444 g/mol. The zero-order chi connectivity index (χ0) is 22.8. The van der Waals surface area contributed by atoms with Gasteiger partial charge in [-0.25, -0.2) is 4.79 Å². The third-order valence-electron chi connectivity index (χ3n) is 4.21. The fourth-order valence-electron chi connectivity index (χ4n) is 2.55. The summed E-state index contributed by atoms with van der Waals surface area (Å²) in [5.41, 5.74) is 1.11. The number of benzene rings is 3. The summed E-state index contributed by atoms with van der Waals surface area (Å²) < 4.78 is 59.8. The fourth-order valence-corrected chi connectivity index (χ4v) is 4.42. The minimum Gasteiger partial charge on any atom is -0.478 e. The molecule has 8 nitrogen and oxygen atoms in total. The lowest BCUT2D eigenvalue weighted by atomic mass is 10.2. The monoisotopic (exact) mass is 462 g/mol. The molecule has 0 fully saturated rings. The molecule has 3 rings (SSSR count). The lowest BCUT2D eigenvalue weighted by molar-refractivity contribution is 0.0694. The second kappa shape index (κ2) is 8.40. The zero-order valence-corrected chi connectivity index (χ0v) is 18.1. The molecule has 0 unspecified atom stereocenters. The standard InChI is InChI=1S/C21H18O8S2/c1-14-3-8-17(9-4-14)30(24,25)28-16-7-12-20(19(13-16)21(22)23)29-31(26,27)18-10-5-15(2)6-11-18/h3-13H,1-2H3,(H,22,23). The Morgan fingerprint density at radius 3 is 1.61 bits per heavy atom. The number of carboxylic acid groups (broad SMARTS) is 1. The number of rotatable bonds is 7. The molecule has 162 valence electrons. The predicted octanol–water partition coefficient (Wildman–Crippen LogP) is 3.54. The van der Waals surface area contributed by atoms with Gasteiger partial charge in [-0.15, -0.1) is 0 Å². The van der Waals surface area contributed by atoms with Crippen LogP contribution in [-0.2, 0) is 20.2 Å². The van der Waals surface area contributed by atoms with Crippen LogP contribution in [0.1, 0.15) is 21.5 Å². The van der Waals surface area contributed by atoms with E-state index in [0.29, 0.717) is 0 Å². The van der Waals surface area contributed by atoms with Crippen molar-refractivity contribution in [2.45, 2.75) is 23.6 Å². The molecule has 0 saturated carbocycles. The Labute approximate surface area is 179 Å². The number of carbonyl (C=O) groups is 1. The predicted molar refractivity (Wildman–Crippen MR) is 111 cm³/mol. The highest BCUT2D eigenvalue weighted by Crippen LogP contribution is 2.29. The first-order valence-corrected chi connectivity index (χ1v) is 11.7. The van der Waals surface area contributed by atoms with Gasteiger partial charge in [-0.3, -0.25) is 0 Å². The van der Waals surface area contributed by atoms with Crippen molar-refractivity contribution in [3.8, 4) is 11.5 Å². The van der Waals surface area contributed by atoms with E-state index in [1.807, 2.05) is 0 Å². The molecule has 0 amide bonds. The van der Waals surface area contributed by atoms with Gasteiger partial charge in [0.2, 0.25) is 0 Å². The Morgan fingerprint density at radius 2 is 1.16 bits per heavy atom. The minimum atomic E-state index is -4.30. The van der Waals surface area contributed by atoms with Crippen LogP contribution in [0.2, 0.25) is 0 Å². The summed E-state index contributed by atoms with van der Waals surface area (Å²) in [5, 5.41) is 9.46. The first-order chi connectivity index (χ1) is 14.5. The number of aromatic carboxylic acids is 1. The van der Waals surface area contributed by atoms with Crippen LogP contribution in [0.4, 0.5) is 0 Å². The first kappa shape index (κ1) is 22.3. The number of carboxylic acids is 1. The highest BCUT2D eigenvalue weighted by Gasteiger charge is 2.23. The Balaban J connectivity index is 1.92. The van der Waals surface area contributed by atoms with Crippen molar-refractivity contribution in [1.82, 2.24) is 0 Å². The second-order valence-electron chi connectivity index (χ2n) is 6.66. The molecule has 1 N–H and O–H groups in total. The van der Waals surface area contributed by atoms with Gasteiger partial charge < -0.3 is 13.5 Å². The topological polar surface area (TPSA) is 124 Å². The number of aryl methyl sites for hydroxylation is 2. The van der Waals surface area contributed by atoms with E-state index >= 15 is 0 Å². The van der Waals surface area contributed by atoms with Crippen molar-refractivity contribution >= 4 is 26.2 Å². The average molecular weight is 463 g/mol. The van der Waals surface area contributed by atoms with Crippen molar-refractivity contribution in [1.29, 1.82) is 0 Å². The Hall–Kier alpha value is -3.37. The molecule has 0 aromatic heterocycles. The SMILES string of the molecule is Cc1ccc(S(=O)(=O)Oc2ccc(OS(=O)(=O)c3ccc(C)cc3)c(C(=O)O)c2)cc1. The van der Waals surface area contributed by atoms with E-state index in [-0.39, 0.29) is 15.5 Å². The number of hydrogen-bond donors (Lipinski definition) is 1. The van der Waals surface area contributed by atoms with E-state index in [1.54, 1.807) is 38.1 Å². The van der Waals surface area contributed by atoms with Gasteiger partial charge in [-0.05, 0) is 50.2 Å². The molecule has 0 atom stereocenters. The Kier molecular flexibility index (Phi) is 6.05. The maximum absolute atomic E-state index is 12.5. The van der Waals surface area contributed by atoms with E-state index in [0.717, 1.165) is 29.3 Å². The van der Waals surface area contributed by atoms with Gasteiger partial charge in [-0.1, -0.05) is 35.4 Å². The highest BCUT2D eigenvalue weighted by atomic mass is 32.2. The molecule has 3 aromatic rings. The van der Waals surface area contributed by atoms with Crippen LogP contribution in [0, 0.1) is 13.8 Å². The maximum atomic E-state index is 12.5. The molecule has 0 bridgehead atoms. The summed E-state index contributed by atoms with van der Waals surface area (Å²) in [6.45, 7) is 3.57. The van der Waals surface area contributed by atoms with Gasteiger partial charge in [0, 0.05) is 6.07 Å². The quantitative estimate of drug-likeness (QED) is 0.529. The van der Waals surface area contributed by atoms with Crippen LogP contribution in [0.5, 0.6) is 11.5 Å². The third kappa shape index (κ3) is 5.22. The molecule has 0 radical (unpaired) electrons. The van der Waals surface area contributed by atoms with Crippen molar-refractivity contribution in [3.05, 3.63) is 83.4 Å². The molecule has 10 heteroatoms. The molecule has 0 aliphatic carbocycles. The van der Waals surface area contributed by atoms with Crippen LogP contribution in [-0.4, -0.2) is 27.9 Å². The van der Waals surface area contributed by atoms with Crippen molar-refractivity contribution in [3.63, 3.8) is 0 Å². The lowest BCUT2D eigenvalue weighted by Gasteiger charge is -2.12. The summed E-state index contributed by atoms with van der Waals surface area (Å²) in [4.78, 5) is 11.4. The van der Waals surface area contributed by atoms with Crippen molar-refractivity contribution in [2.24, 2.45) is 0 Å². The molecule has 0 aliphatic rings. The Morgan fingerprint density at radius 1 is 0.710 bits per heavy atom. The van der Waals surface area contributed by atoms with Gasteiger partial charge in [0.1, 0.15) is 21.1 Å². The molecule has 0 heterocycles. The van der Waals surface area contributed by atoms with Gasteiger partial charge in [0.25, 0.3) is 0 Å². The van der Waals surface area contributed by atoms with Crippen LogP contribution in [0.3, 0.4) is 0 Å². The highest BCUT2D eigenvalue weighted by molar-refractivity contribution is 7.87. The summed E-state index contributed by atoms with van der Waals surface area (Å²) >= 11 is 0. The summed E-state index contributed by atoms with van der Waals surface area (Å²) in [5.74, 6) is -2.31. The lowest BCUT2D eigenvalue weighted by Crippen LogP contribution is -2.13. The van der Waals surface area contributed by atoms with Crippen LogP contribution < -0.4 is 8.37 Å². The van der Waals surface area contributed by atoms with E-state index in [9.17, 15) is 26.7 Å². The normalized spacial score (nSPS) is 11.7. The van der Waals surface area contributed by atoms with Gasteiger partial charge in [0.15, 0.2) is 5.75 Å². The van der Waals surface area contributed by atoms with Crippen LogP contribution in [0.15, 0.2) is 76.5 Å². The summed E-state index contributed by atoms with van der Waals surface area (Å²) in [6, 6.07) is 14.7. The largest absolute Gasteiger partial charge is 0.478 e. The number of hydrogen-bond acceptors (Lipinski definition) is 7. The second-order valence-corrected chi connectivity index (χ2v) is 9.76. The molecule has 3 aromatic carbocycles. The Bertz CT molecular complexity index is 1330. The van der Waals surface area contributed by atoms with E-state index in [2.05, 4.69) is 0 Å². The molecule has 31 heavy (non-hydrogen) atoms. The summed E-state index contributed by atoms with van der Waals surface area (Å²) in [7, 11) is -8.52.